The fraction of sp³-hybridized carbons (Fsp3) is 0.200. The Labute approximate surface area is 94.7 Å². The Morgan fingerprint density at radius 2 is 2.00 bits per heavy atom. The average molecular weight is 273 g/mol. The molecule has 0 heterocycles. The number of carboxylic acids is 1. The Hall–Kier alpha value is -1.36. The van der Waals surface area contributed by atoms with Crippen LogP contribution in [0.4, 0.5) is 0 Å². The van der Waals surface area contributed by atoms with Gasteiger partial charge in [0.15, 0.2) is 0 Å². The molecular formula is C10H9BrO4. The Morgan fingerprint density at radius 3 is 2.47 bits per heavy atom. The highest BCUT2D eigenvalue weighted by atomic mass is 79.9. The summed E-state index contributed by atoms with van der Waals surface area (Å²) in [4.78, 5) is 21.7. The van der Waals surface area contributed by atoms with Crippen LogP contribution in [-0.2, 0) is 11.2 Å². The van der Waals surface area contributed by atoms with Gasteiger partial charge in [-0.15, -0.1) is 0 Å². The number of aryl methyl sites for hydroxylation is 1. The smallest absolute Gasteiger partial charge is 0.377 e. The standard InChI is InChI=1S/C10H9BrO4/c1-2-5-3-6(9(13)10(14)15)8(12)7(11)4-5/h3-4,12H,2H2,1H3,(H,14,15). The zero-order chi connectivity index (χ0) is 11.6. The molecule has 1 aromatic carbocycles. The van der Waals surface area contributed by atoms with Crippen LogP contribution < -0.4 is 0 Å². The van der Waals surface area contributed by atoms with Gasteiger partial charge >= 0.3 is 5.97 Å². The van der Waals surface area contributed by atoms with Gasteiger partial charge in [-0.25, -0.2) is 4.79 Å². The fourth-order valence-electron chi connectivity index (χ4n) is 1.15. The van der Waals surface area contributed by atoms with Crippen LogP contribution in [-0.4, -0.2) is 22.0 Å². The molecule has 0 spiro atoms. The lowest BCUT2D eigenvalue weighted by molar-refractivity contribution is -0.131. The van der Waals surface area contributed by atoms with Gasteiger partial charge in [0.25, 0.3) is 5.78 Å². The predicted octanol–water partition coefficient (Wildman–Crippen LogP) is 1.98. The zero-order valence-corrected chi connectivity index (χ0v) is 9.54. The minimum absolute atomic E-state index is 0.186. The molecular weight excluding hydrogens is 264 g/mol. The van der Waals surface area contributed by atoms with Crippen molar-refractivity contribution in [1.82, 2.24) is 0 Å². The number of aliphatic carboxylic acids is 1. The largest absolute Gasteiger partial charge is 0.506 e. The van der Waals surface area contributed by atoms with E-state index in [2.05, 4.69) is 15.9 Å². The van der Waals surface area contributed by atoms with E-state index < -0.39 is 11.8 Å². The van der Waals surface area contributed by atoms with E-state index in [1.807, 2.05) is 6.92 Å². The predicted molar refractivity (Wildman–Crippen MR) is 57.2 cm³/mol. The number of Topliss-reactive ketones (excluding diaryl/α,β-unsaturated/α-hetero) is 1. The minimum atomic E-state index is -1.58. The molecule has 0 saturated carbocycles. The van der Waals surface area contributed by atoms with Crippen molar-refractivity contribution in [2.45, 2.75) is 13.3 Å². The van der Waals surface area contributed by atoms with Crippen molar-refractivity contribution in [3.05, 3.63) is 27.7 Å². The number of phenolic OH excluding ortho intramolecular Hbond substituents is 1. The number of carbonyl (C=O) groups excluding carboxylic acids is 1. The van der Waals surface area contributed by atoms with Crippen LogP contribution in [0.3, 0.4) is 0 Å². The molecule has 0 atom stereocenters. The monoisotopic (exact) mass is 272 g/mol. The van der Waals surface area contributed by atoms with Crippen LogP contribution in [0.25, 0.3) is 0 Å². The first-order chi connectivity index (χ1) is 6.97. The molecule has 2 N–H and O–H groups in total. The molecule has 0 aliphatic carbocycles. The van der Waals surface area contributed by atoms with Gasteiger partial charge in [0.2, 0.25) is 0 Å². The second kappa shape index (κ2) is 4.44. The van der Waals surface area contributed by atoms with Crippen molar-refractivity contribution in [2.24, 2.45) is 0 Å². The molecule has 0 aliphatic heterocycles. The van der Waals surface area contributed by atoms with Crippen molar-refractivity contribution in [3.8, 4) is 5.75 Å². The highest BCUT2D eigenvalue weighted by Gasteiger charge is 2.20. The molecule has 4 nitrogen and oxygen atoms in total. The summed E-state index contributed by atoms with van der Waals surface area (Å²) in [6, 6.07) is 3.03. The summed E-state index contributed by atoms with van der Waals surface area (Å²) in [6.45, 7) is 1.87. The van der Waals surface area contributed by atoms with Crippen LogP contribution in [0.15, 0.2) is 16.6 Å². The molecule has 80 valence electrons. The van der Waals surface area contributed by atoms with Gasteiger partial charge in [-0.2, -0.15) is 0 Å². The van der Waals surface area contributed by atoms with E-state index in [1.165, 1.54) is 6.07 Å². The first-order valence-electron chi connectivity index (χ1n) is 4.26. The lowest BCUT2D eigenvalue weighted by Gasteiger charge is -2.06. The number of rotatable bonds is 3. The number of hydrogen-bond acceptors (Lipinski definition) is 3. The Bertz CT molecular complexity index is 426. The number of phenols is 1. The van der Waals surface area contributed by atoms with Crippen LogP contribution in [0.2, 0.25) is 0 Å². The summed E-state index contributed by atoms with van der Waals surface area (Å²) in [5, 5.41) is 18.0. The van der Waals surface area contributed by atoms with Crippen molar-refractivity contribution < 1.29 is 19.8 Å². The van der Waals surface area contributed by atoms with E-state index >= 15 is 0 Å². The summed E-state index contributed by atoms with van der Waals surface area (Å²) in [5.74, 6) is -3.02. The maximum atomic E-state index is 11.2. The van der Waals surface area contributed by atoms with E-state index in [4.69, 9.17) is 5.11 Å². The van der Waals surface area contributed by atoms with Gasteiger partial charge in [0.1, 0.15) is 5.75 Å². The summed E-state index contributed by atoms with van der Waals surface area (Å²) in [5.41, 5.74) is 0.595. The molecule has 0 aliphatic rings. The third kappa shape index (κ3) is 2.36. The molecule has 0 unspecified atom stereocenters. The normalized spacial score (nSPS) is 10.0. The average Bonchev–Trinajstić information content (AvgIpc) is 2.20. The molecule has 1 aromatic rings. The number of carboxylic acid groups (broad SMARTS) is 1. The maximum Gasteiger partial charge on any atom is 0.377 e. The van der Waals surface area contributed by atoms with Crippen LogP contribution in [0, 0.1) is 0 Å². The molecule has 15 heavy (non-hydrogen) atoms. The maximum absolute atomic E-state index is 11.2. The molecule has 0 amide bonds. The lowest BCUT2D eigenvalue weighted by Crippen LogP contribution is -2.13. The third-order valence-corrected chi connectivity index (χ3v) is 2.57. The molecule has 1 rings (SSSR count). The highest BCUT2D eigenvalue weighted by molar-refractivity contribution is 9.10. The first-order valence-corrected chi connectivity index (χ1v) is 5.05. The molecule has 0 bridgehead atoms. The summed E-state index contributed by atoms with van der Waals surface area (Å²) in [6.07, 6.45) is 0.652. The van der Waals surface area contributed by atoms with Gasteiger partial charge < -0.3 is 10.2 Å². The SMILES string of the molecule is CCc1cc(Br)c(O)c(C(=O)C(=O)O)c1. The molecule has 5 heteroatoms. The van der Waals surface area contributed by atoms with Gasteiger partial charge in [-0.1, -0.05) is 6.92 Å². The van der Waals surface area contributed by atoms with Crippen LogP contribution in [0.1, 0.15) is 22.8 Å². The van der Waals surface area contributed by atoms with E-state index in [0.29, 0.717) is 10.9 Å². The molecule has 0 aromatic heterocycles. The number of halogens is 1. The van der Waals surface area contributed by atoms with Crippen LogP contribution >= 0.6 is 15.9 Å². The topological polar surface area (TPSA) is 74.6 Å². The van der Waals surface area contributed by atoms with Gasteiger partial charge in [0, 0.05) is 0 Å². The van der Waals surface area contributed by atoms with Crippen molar-refractivity contribution in [2.75, 3.05) is 0 Å². The quantitative estimate of drug-likeness (QED) is 0.652. The number of carbonyl (C=O) groups is 2. The Morgan fingerprint density at radius 1 is 1.40 bits per heavy atom. The minimum Gasteiger partial charge on any atom is -0.506 e. The molecule has 0 radical (unpaired) electrons. The fourth-order valence-corrected chi connectivity index (χ4v) is 1.66. The Kier molecular flexibility index (Phi) is 3.47. The molecule has 0 saturated heterocycles. The second-order valence-corrected chi connectivity index (χ2v) is 3.82. The van der Waals surface area contributed by atoms with Crippen molar-refractivity contribution in [3.63, 3.8) is 0 Å². The van der Waals surface area contributed by atoms with Crippen LogP contribution in [0.5, 0.6) is 5.75 Å². The number of ketones is 1. The van der Waals surface area contributed by atoms with Gasteiger partial charge in [0.05, 0.1) is 10.0 Å². The van der Waals surface area contributed by atoms with Gasteiger partial charge in [-0.05, 0) is 40.0 Å². The van der Waals surface area contributed by atoms with E-state index in [-0.39, 0.29) is 11.3 Å². The number of benzene rings is 1. The number of hydrogen-bond donors (Lipinski definition) is 2. The van der Waals surface area contributed by atoms with E-state index in [0.717, 1.165) is 5.56 Å². The zero-order valence-electron chi connectivity index (χ0n) is 7.95. The van der Waals surface area contributed by atoms with Crippen molar-refractivity contribution >= 4 is 27.7 Å². The number of aromatic hydroxyl groups is 1. The first kappa shape index (κ1) is 11.7. The highest BCUT2D eigenvalue weighted by Crippen LogP contribution is 2.30. The van der Waals surface area contributed by atoms with E-state index in [1.54, 1.807) is 6.07 Å². The second-order valence-electron chi connectivity index (χ2n) is 2.96. The van der Waals surface area contributed by atoms with Crippen molar-refractivity contribution in [1.29, 1.82) is 0 Å². The third-order valence-electron chi connectivity index (χ3n) is 1.97. The summed E-state index contributed by atoms with van der Waals surface area (Å²) in [7, 11) is 0. The summed E-state index contributed by atoms with van der Waals surface area (Å²) >= 11 is 3.06. The summed E-state index contributed by atoms with van der Waals surface area (Å²) < 4.78 is 0.325. The van der Waals surface area contributed by atoms with E-state index in [9.17, 15) is 14.7 Å². The van der Waals surface area contributed by atoms with Gasteiger partial charge in [-0.3, -0.25) is 4.79 Å². The Balaban J connectivity index is 3.34. The molecule has 0 fully saturated rings. The lowest BCUT2D eigenvalue weighted by atomic mass is 10.0.